The molecule has 3 heterocycles. The summed E-state index contributed by atoms with van der Waals surface area (Å²) in [4.78, 5) is 40.7. The Balaban J connectivity index is 0.000000616. The number of amides is 1. The number of aliphatic carboxylic acids is 1. The first-order valence-corrected chi connectivity index (χ1v) is 13.8. The highest BCUT2D eigenvalue weighted by Crippen LogP contribution is 2.21. The maximum atomic E-state index is 13.3. The number of pyridine rings is 1. The second-order valence-corrected chi connectivity index (χ2v) is 10.2. The fraction of sp³-hybridized carbons (Fsp3) is 0.464. The number of carboxylic acid groups (broad SMARTS) is 1. The topological polar surface area (TPSA) is 127 Å². The first-order chi connectivity index (χ1) is 20.0. The molecule has 4 rings (SSSR count). The van der Waals surface area contributed by atoms with Crippen molar-refractivity contribution in [1.82, 2.24) is 25.0 Å². The Morgan fingerprint density at radius 2 is 1.90 bits per heavy atom. The summed E-state index contributed by atoms with van der Waals surface area (Å²) < 4.78 is 38.3. The number of nitrogens with zero attached hydrogens (tertiary/aromatic N) is 4. The van der Waals surface area contributed by atoms with Gasteiger partial charge in [-0.25, -0.2) is 9.48 Å². The highest BCUT2D eigenvalue weighted by Gasteiger charge is 2.38. The summed E-state index contributed by atoms with van der Waals surface area (Å²) in [5.41, 5.74) is 1.80. The van der Waals surface area contributed by atoms with Crippen molar-refractivity contribution < 1.29 is 32.6 Å². The fourth-order valence-electron chi connectivity index (χ4n) is 4.65. The molecule has 228 valence electrons. The molecule has 1 atom stereocenters. The third-order valence-corrected chi connectivity index (χ3v) is 6.97. The average molecular weight is 612 g/mol. The first-order valence-electron chi connectivity index (χ1n) is 13.4. The van der Waals surface area contributed by atoms with Gasteiger partial charge in [0.25, 0.3) is 5.56 Å². The van der Waals surface area contributed by atoms with E-state index in [1.165, 1.54) is 0 Å². The van der Waals surface area contributed by atoms with Crippen LogP contribution in [-0.2, 0) is 27.3 Å². The van der Waals surface area contributed by atoms with E-state index >= 15 is 0 Å². The van der Waals surface area contributed by atoms with E-state index in [2.05, 4.69) is 15.2 Å². The number of benzene rings is 1. The highest BCUT2D eigenvalue weighted by molar-refractivity contribution is 6.30. The van der Waals surface area contributed by atoms with Gasteiger partial charge in [-0.15, -0.1) is 0 Å². The van der Waals surface area contributed by atoms with Gasteiger partial charge >= 0.3 is 12.1 Å². The van der Waals surface area contributed by atoms with Gasteiger partial charge in [0.05, 0.1) is 17.6 Å². The Morgan fingerprint density at radius 1 is 1.19 bits per heavy atom. The zero-order chi connectivity index (χ0) is 30.7. The van der Waals surface area contributed by atoms with Crippen LogP contribution in [0.4, 0.5) is 13.2 Å². The molecular weight excluding hydrogens is 579 g/mol. The third kappa shape index (κ3) is 9.78. The number of aromatic nitrogens is 3. The lowest BCUT2D eigenvalue weighted by atomic mass is 10.1. The van der Waals surface area contributed by atoms with Gasteiger partial charge < -0.3 is 15.2 Å². The van der Waals surface area contributed by atoms with E-state index < -0.39 is 12.1 Å². The van der Waals surface area contributed by atoms with E-state index in [9.17, 15) is 22.8 Å². The lowest BCUT2D eigenvalue weighted by molar-refractivity contribution is -0.192. The van der Waals surface area contributed by atoms with Crippen LogP contribution >= 0.6 is 11.6 Å². The Hall–Kier alpha value is -3.55. The molecule has 0 aliphatic carbocycles. The normalized spacial score (nSPS) is 15.3. The molecule has 42 heavy (non-hydrogen) atoms. The van der Waals surface area contributed by atoms with Crippen molar-refractivity contribution in [3.05, 3.63) is 69.4 Å². The van der Waals surface area contributed by atoms with Crippen LogP contribution in [0.1, 0.15) is 36.9 Å². The van der Waals surface area contributed by atoms with Crippen LogP contribution in [-0.4, -0.2) is 82.2 Å². The minimum Gasteiger partial charge on any atom is -0.475 e. The van der Waals surface area contributed by atoms with Crippen molar-refractivity contribution >= 4 is 34.2 Å². The predicted molar refractivity (Wildman–Crippen MR) is 150 cm³/mol. The van der Waals surface area contributed by atoms with Gasteiger partial charge in [0.1, 0.15) is 0 Å². The number of likely N-dealkylation sites (tertiary alicyclic amines) is 1. The summed E-state index contributed by atoms with van der Waals surface area (Å²) >= 11 is 6.04. The number of hydrogen-bond acceptors (Lipinski definition) is 7. The molecule has 1 fully saturated rings. The summed E-state index contributed by atoms with van der Waals surface area (Å²) in [5, 5.41) is 17.0. The zero-order valence-electron chi connectivity index (χ0n) is 23.1. The maximum absolute atomic E-state index is 13.3. The minimum absolute atomic E-state index is 0.0469. The Labute approximate surface area is 245 Å². The molecule has 0 saturated carbocycles. The maximum Gasteiger partial charge on any atom is 0.490 e. The van der Waals surface area contributed by atoms with Crippen molar-refractivity contribution in [2.45, 2.75) is 50.9 Å². The lowest BCUT2D eigenvalue weighted by Gasteiger charge is -2.25. The molecule has 2 N–H and O–H groups in total. The van der Waals surface area contributed by atoms with E-state index in [1.54, 1.807) is 30.3 Å². The van der Waals surface area contributed by atoms with Crippen LogP contribution in [0.2, 0.25) is 5.02 Å². The molecule has 0 bridgehead atoms. The van der Waals surface area contributed by atoms with Crippen molar-refractivity contribution in [3.8, 4) is 0 Å². The van der Waals surface area contributed by atoms with Crippen molar-refractivity contribution in [1.29, 1.82) is 0 Å². The Bertz CT molecular complexity index is 1400. The summed E-state index contributed by atoms with van der Waals surface area (Å²) in [6.07, 6.45) is 2.13. The lowest BCUT2D eigenvalue weighted by Crippen LogP contribution is -2.41. The number of carbonyl (C=O) groups excluding carboxylic acids is 1. The summed E-state index contributed by atoms with van der Waals surface area (Å²) in [6, 6.07) is 9.65. The van der Waals surface area contributed by atoms with E-state index in [0.717, 1.165) is 49.0 Å². The van der Waals surface area contributed by atoms with Gasteiger partial charge in [0.2, 0.25) is 5.91 Å². The number of hydrogen-bond donors (Lipinski definition) is 2. The average Bonchev–Trinajstić information content (AvgIpc) is 3.39. The standard InChI is InChI=1S/C26H32ClN5O3.C2HF3O2/c1-35-15-3-5-25(33)29-12-14-31-13-2-4-21(31)18-32-26(34)22-10-11-28-17-23(22)24(30-32)16-19-6-8-20(27)9-7-19;3-2(4,5)1(6)7/h6-11,17,21H,2-5,12-16,18H2,1H3,(H,29,33);(H,6,7)/t21-;/m1./s1. The SMILES string of the molecule is COCCCC(=O)NCCN1CCC[C@@H]1Cn1nc(Cc2ccc(Cl)cc2)c2cnccc2c1=O.O=C(O)C(F)(F)F. The summed E-state index contributed by atoms with van der Waals surface area (Å²) in [7, 11) is 1.64. The van der Waals surface area contributed by atoms with Crippen molar-refractivity contribution in [3.63, 3.8) is 0 Å². The van der Waals surface area contributed by atoms with E-state index in [-0.39, 0.29) is 17.5 Å². The predicted octanol–water partition coefficient (Wildman–Crippen LogP) is 3.68. The van der Waals surface area contributed by atoms with E-state index in [4.69, 9.17) is 31.3 Å². The number of rotatable bonds is 11. The monoisotopic (exact) mass is 611 g/mol. The highest BCUT2D eigenvalue weighted by atomic mass is 35.5. The number of carboxylic acids is 1. The molecule has 10 nitrogen and oxygen atoms in total. The van der Waals surface area contributed by atoms with Gasteiger partial charge in [0, 0.05) is 68.5 Å². The number of fused-ring (bicyclic) bond motifs is 1. The molecular formula is C28H33ClF3N5O5. The van der Waals surface area contributed by atoms with E-state index in [1.807, 2.05) is 24.3 Å². The third-order valence-electron chi connectivity index (χ3n) is 6.72. The van der Waals surface area contributed by atoms with Crippen molar-refractivity contribution in [2.75, 3.05) is 33.4 Å². The number of nitrogens with one attached hydrogen (secondary N) is 1. The second kappa shape index (κ2) is 15.6. The Kier molecular flexibility index (Phi) is 12.3. The molecule has 1 aromatic carbocycles. The van der Waals surface area contributed by atoms with Crippen LogP contribution in [0, 0.1) is 0 Å². The fourth-order valence-corrected chi connectivity index (χ4v) is 4.77. The molecule has 1 aliphatic rings. The van der Waals surface area contributed by atoms with Gasteiger partial charge in [-0.2, -0.15) is 18.3 Å². The first kappa shape index (κ1) is 33.0. The smallest absolute Gasteiger partial charge is 0.475 e. The number of ether oxygens (including phenoxy) is 1. The van der Waals surface area contributed by atoms with Gasteiger partial charge in [-0.05, 0) is 49.6 Å². The molecule has 1 amide bonds. The number of alkyl halides is 3. The zero-order valence-corrected chi connectivity index (χ0v) is 23.8. The number of carbonyl (C=O) groups is 2. The van der Waals surface area contributed by atoms with Crippen LogP contribution in [0.3, 0.4) is 0 Å². The number of halogens is 4. The molecule has 2 aromatic heterocycles. The second-order valence-electron chi connectivity index (χ2n) is 9.74. The van der Waals surface area contributed by atoms with Gasteiger partial charge in [-0.1, -0.05) is 23.7 Å². The number of methoxy groups -OCH3 is 1. The minimum atomic E-state index is -5.08. The summed E-state index contributed by atoms with van der Waals surface area (Å²) in [5.74, 6) is -2.71. The molecule has 0 unspecified atom stereocenters. The van der Waals surface area contributed by atoms with Crippen LogP contribution in [0.15, 0.2) is 47.5 Å². The largest absolute Gasteiger partial charge is 0.490 e. The van der Waals surface area contributed by atoms with Crippen LogP contribution in [0.25, 0.3) is 10.8 Å². The molecule has 14 heteroatoms. The van der Waals surface area contributed by atoms with Crippen LogP contribution in [0.5, 0.6) is 0 Å². The quantitative estimate of drug-likeness (QED) is 0.315. The molecule has 0 spiro atoms. The molecule has 1 aliphatic heterocycles. The van der Waals surface area contributed by atoms with E-state index in [0.29, 0.717) is 42.9 Å². The van der Waals surface area contributed by atoms with Gasteiger partial charge in [0.15, 0.2) is 0 Å². The molecule has 3 aromatic rings. The van der Waals surface area contributed by atoms with Crippen LogP contribution < -0.4 is 10.9 Å². The summed E-state index contributed by atoms with van der Waals surface area (Å²) in [6.45, 7) is 3.41. The molecule has 1 saturated heterocycles. The molecule has 0 radical (unpaired) electrons. The van der Waals surface area contributed by atoms with Gasteiger partial charge in [-0.3, -0.25) is 19.5 Å². The van der Waals surface area contributed by atoms with Crippen molar-refractivity contribution in [2.24, 2.45) is 0 Å². The Morgan fingerprint density at radius 3 is 2.57 bits per heavy atom.